The lowest BCUT2D eigenvalue weighted by molar-refractivity contribution is 0.646. The summed E-state index contributed by atoms with van der Waals surface area (Å²) in [7, 11) is 0. The van der Waals surface area contributed by atoms with Crippen LogP contribution in [-0.4, -0.2) is 14.8 Å². The predicted molar refractivity (Wildman–Crippen MR) is 82.8 cm³/mol. The van der Waals surface area contributed by atoms with Crippen LogP contribution in [0.25, 0.3) is 0 Å². The summed E-state index contributed by atoms with van der Waals surface area (Å²) >= 11 is 0. The van der Waals surface area contributed by atoms with Crippen molar-refractivity contribution in [1.29, 1.82) is 10.5 Å². The Kier molecular flexibility index (Phi) is 1.80. The van der Waals surface area contributed by atoms with Gasteiger partial charge in [0.1, 0.15) is 15.3 Å². The van der Waals surface area contributed by atoms with Gasteiger partial charge in [0, 0.05) is 8.22 Å². The second-order valence-corrected chi connectivity index (χ2v) is 5.23. The van der Waals surface area contributed by atoms with Gasteiger partial charge < -0.3 is 0 Å². The molecular formula is C17H19N5. The van der Waals surface area contributed by atoms with Crippen LogP contribution in [0.5, 0.6) is 0 Å². The van der Waals surface area contributed by atoms with Crippen LogP contribution in [0, 0.1) is 22.7 Å². The van der Waals surface area contributed by atoms with Crippen LogP contribution in [0.2, 0.25) is 0 Å². The fourth-order valence-electron chi connectivity index (χ4n) is 1.73. The molecule has 0 fully saturated rings. The topological polar surface area (TPSA) is 78.3 Å². The Hall–Kier alpha value is -2.66. The number of benzene rings is 1. The van der Waals surface area contributed by atoms with E-state index >= 15 is 0 Å². The average molecular weight is 303 g/mol. The highest BCUT2D eigenvalue weighted by molar-refractivity contribution is 5.42. The third-order valence-electron chi connectivity index (χ3n) is 3.11. The SMILES string of the molecule is [2H]c1nc([2H])n(C([2H])([2H])c2cc(C(C)(C)C#N)cc(C(C#N)(C([2H])([2H])[2H])C([2H])([2H])[2H])c2)n1. The van der Waals surface area contributed by atoms with Gasteiger partial charge in [0.2, 0.25) is 0 Å². The number of hydrogen-bond acceptors (Lipinski definition) is 4. The monoisotopic (exact) mass is 303 g/mol. The molecule has 1 heterocycles. The van der Waals surface area contributed by atoms with Crippen molar-refractivity contribution in [3.63, 3.8) is 0 Å². The van der Waals surface area contributed by atoms with Crippen molar-refractivity contribution in [3.8, 4) is 12.1 Å². The first kappa shape index (κ1) is 7.07. The predicted octanol–water partition coefficient (Wildman–Crippen LogP) is 2.93. The summed E-state index contributed by atoms with van der Waals surface area (Å²) in [4.78, 5) is 3.42. The molecule has 0 unspecified atom stereocenters. The van der Waals surface area contributed by atoms with Crippen LogP contribution in [0.1, 0.15) is 57.9 Å². The number of rotatable bonds is 4. The van der Waals surface area contributed by atoms with Gasteiger partial charge in [-0.15, -0.1) is 0 Å². The van der Waals surface area contributed by atoms with Crippen molar-refractivity contribution >= 4 is 0 Å². The van der Waals surface area contributed by atoms with Crippen LogP contribution in [0.3, 0.4) is 0 Å². The highest BCUT2D eigenvalue weighted by Gasteiger charge is 2.26. The van der Waals surface area contributed by atoms with E-state index < -0.39 is 49.2 Å². The first-order valence-electron chi connectivity index (χ1n) is 11.2. The van der Waals surface area contributed by atoms with Gasteiger partial charge in [-0.2, -0.15) is 15.6 Å². The number of nitriles is 2. The van der Waals surface area contributed by atoms with E-state index in [-0.39, 0.29) is 11.1 Å². The lowest BCUT2D eigenvalue weighted by atomic mass is 9.79. The molecule has 0 saturated heterocycles. The standard InChI is InChI=1S/C17H19N5/c1-16(2,9-18)14-5-13(8-22-12-20-11-21-22)6-15(7-14)17(3,4)10-19/h5-7,11-12H,8H2,1-4H3/i1D3,2D3,8D2,11D,12D. The zero-order chi connectivity index (χ0) is 24.9. The van der Waals surface area contributed by atoms with Gasteiger partial charge >= 0.3 is 0 Å². The van der Waals surface area contributed by atoms with Crippen LogP contribution < -0.4 is 0 Å². The molecule has 1 aromatic carbocycles. The average Bonchev–Trinajstić information content (AvgIpc) is 2.99. The van der Waals surface area contributed by atoms with Crippen molar-refractivity contribution in [1.82, 2.24) is 14.8 Å². The summed E-state index contributed by atoms with van der Waals surface area (Å²) in [5.74, 6) is 0. The van der Waals surface area contributed by atoms with Crippen LogP contribution in [0.15, 0.2) is 30.8 Å². The van der Waals surface area contributed by atoms with Gasteiger partial charge in [0.25, 0.3) is 0 Å². The van der Waals surface area contributed by atoms with E-state index in [0.717, 1.165) is 12.1 Å². The van der Waals surface area contributed by atoms with E-state index in [1.54, 1.807) is 0 Å². The van der Waals surface area contributed by atoms with E-state index in [4.69, 9.17) is 13.7 Å². The van der Waals surface area contributed by atoms with Crippen molar-refractivity contribution < 1.29 is 13.7 Å². The molecule has 5 heteroatoms. The number of nitrogens with zero attached hydrogens (tertiary/aromatic N) is 5. The third kappa shape index (κ3) is 3.15. The Bertz CT molecular complexity index is 1100. The quantitative estimate of drug-likeness (QED) is 0.870. The molecule has 0 N–H and O–H groups in total. The fourth-order valence-corrected chi connectivity index (χ4v) is 1.73. The van der Waals surface area contributed by atoms with E-state index in [1.165, 1.54) is 26.0 Å². The lowest BCUT2D eigenvalue weighted by Crippen LogP contribution is -2.20. The molecule has 22 heavy (non-hydrogen) atoms. The number of hydrogen-bond donors (Lipinski definition) is 0. The van der Waals surface area contributed by atoms with E-state index in [2.05, 4.69) is 10.1 Å². The van der Waals surface area contributed by atoms with E-state index in [9.17, 15) is 10.5 Å². The first-order chi connectivity index (χ1) is 14.3. The minimum Gasteiger partial charge on any atom is -0.249 e. The zero-order valence-corrected chi connectivity index (χ0v) is 12.0. The van der Waals surface area contributed by atoms with Crippen LogP contribution in [0.4, 0.5) is 0 Å². The molecule has 0 bridgehead atoms. The van der Waals surface area contributed by atoms with Gasteiger partial charge in [-0.25, -0.2) is 9.67 Å². The fraction of sp³-hybridized carbons (Fsp3) is 0.412. The molecule has 112 valence electrons. The largest absolute Gasteiger partial charge is 0.249 e. The molecule has 0 aliphatic carbocycles. The summed E-state index contributed by atoms with van der Waals surface area (Å²) in [6, 6.07) is 6.60. The maximum absolute atomic E-state index is 9.80. The van der Waals surface area contributed by atoms with Gasteiger partial charge in [-0.1, -0.05) is 18.2 Å². The van der Waals surface area contributed by atoms with E-state index in [1.807, 2.05) is 6.07 Å². The Morgan fingerprint density at radius 1 is 1.23 bits per heavy atom. The molecule has 2 aromatic rings. The summed E-state index contributed by atoms with van der Waals surface area (Å²) in [6.07, 6.45) is -1.34. The minimum atomic E-state index is -3.34. The van der Waals surface area contributed by atoms with E-state index in [0.29, 0.717) is 4.68 Å². The van der Waals surface area contributed by atoms with Crippen molar-refractivity contribution in [3.05, 3.63) is 47.5 Å². The summed E-state index contributed by atoms with van der Waals surface area (Å²) < 4.78 is 79.6. The maximum atomic E-state index is 9.80. The Morgan fingerprint density at radius 2 is 1.86 bits per heavy atom. The molecule has 2 rings (SSSR count). The summed E-state index contributed by atoms with van der Waals surface area (Å²) in [5.41, 5.74) is -5.18. The smallest absolute Gasteiger partial charge is 0.137 e. The second-order valence-electron chi connectivity index (χ2n) is 5.23. The van der Waals surface area contributed by atoms with Gasteiger partial charge in [0.15, 0.2) is 0 Å². The third-order valence-corrected chi connectivity index (χ3v) is 3.11. The molecule has 0 saturated carbocycles. The molecule has 1 aromatic heterocycles. The Labute approximate surface area is 144 Å². The first-order valence-corrected chi connectivity index (χ1v) is 6.25. The van der Waals surface area contributed by atoms with Crippen molar-refractivity contribution in [2.24, 2.45) is 0 Å². The molecule has 5 nitrogen and oxygen atoms in total. The Morgan fingerprint density at radius 3 is 2.36 bits per heavy atom. The lowest BCUT2D eigenvalue weighted by Gasteiger charge is -2.23. The highest BCUT2D eigenvalue weighted by atomic mass is 15.3. The molecular weight excluding hydrogens is 274 g/mol. The van der Waals surface area contributed by atoms with Crippen LogP contribution >= 0.6 is 0 Å². The Balaban J connectivity index is 3.02. The zero-order valence-electron chi connectivity index (χ0n) is 22.0. The molecule has 0 radical (unpaired) electrons. The normalized spacial score (nSPS) is 20.2. The van der Waals surface area contributed by atoms with Crippen molar-refractivity contribution in [2.45, 2.75) is 44.9 Å². The summed E-state index contributed by atoms with van der Waals surface area (Å²) in [5, 5.41) is 22.9. The number of aromatic nitrogens is 3. The van der Waals surface area contributed by atoms with Gasteiger partial charge in [-0.05, 0) is 44.2 Å². The molecule has 0 amide bonds. The van der Waals surface area contributed by atoms with Gasteiger partial charge in [0.05, 0.1) is 32.2 Å². The second kappa shape index (κ2) is 5.61. The minimum absolute atomic E-state index is 0.0576. The van der Waals surface area contributed by atoms with Gasteiger partial charge in [-0.3, -0.25) is 0 Å². The van der Waals surface area contributed by atoms with Crippen LogP contribution in [-0.2, 0) is 17.3 Å². The molecule has 0 aliphatic heterocycles. The maximum Gasteiger partial charge on any atom is 0.137 e. The highest BCUT2D eigenvalue weighted by Crippen LogP contribution is 2.30. The molecule has 0 atom stereocenters. The molecule has 0 aliphatic rings. The summed E-state index contributed by atoms with van der Waals surface area (Å²) in [6.45, 7) is -6.46. The van der Waals surface area contributed by atoms with Crippen molar-refractivity contribution in [2.75, 3.05) is 0 Å². The molecule has 0 spiro atoms.